The highest BCUT2D eigenvalue weighted by molar-refractivity contribution is 5.84. The average molecular weight is 471 g/mol. The minimum Gasteiger partial charge on any atom is -0.479 e. The Labute approximate surface area is 188 Å². The summed E-state index contributed by atoms with van der Waals surface area (Å²) in [5.41, 5.74) is -1.89. The van der Waals surface area contributed by atoms with Crippen molar-refractivity contribution in [2.24, 2.45) is 0 Å². The van der Waals surface area contributed by atoms with Crippen molar-refractivity contribution in [3.63, 3.8) is 0 Å². The molecule has 33 heavy (non-hydrogen) atoms. The quantitative estimate of drug-likeness (QED) is 0.504. The van der Waals surface area contributed by atoms with Gasteiger partial charge < -0.3 is 19.9 Å². The first-order valence-electron chi connectivity index (χ1n) is 10.1. The zero-order valence-electron chi connectivity index (χ0n) is 18.3. The first-order chi connectivity index (χ1) is 15.3. The van der Waals surface area contributed by atoms with Gasteiger partial charge in [0.2, 0.25) is 0 Å². The predicted molar refractivity (Wildman–Crippen MR) is 111 cm³/mol. The second-order valence-corrected chi connectivity index (χ2v) is 7.77. The van der Waals surface area contributed by atoms with Gasteiger partial charge in [0, 0.05) is 19.6 Å². The summed E-state index contributed by atoms with van der Waals surface area (Å²) in [7, 11) is 0. The molecular weight excluding hydrogens is 446 g/mol. The lowest BCUT2D eigenvalue weighted by Gasteiger charge is -2.25. The number of halogens is 4. The monoisotopic (exact) mass is 471 g/mol. The van der Waals surface area contributed by atoms with E-state index in [9.17, 15) is 27.2 Å². The number of aliphatic carboxylic acids is 1. The molecule has 2 N–H and O–H groups in total. The predicted octanol–water partition coefficient (Wildman–Crippen LogP) is 4.35. The molecule has 0 saturated heterocycles. The summed E-state index contributed by atoms with van der Waals surface area (Å²) in [6.07, 6.45) is -5.53. The topological polar surface area (TPSA) is 84.9 Å². The number of nitrogens with one attached hydrogen (secondary N) is 1. The maximum Gasteiger partial charge on any atom is 0.416 e. The van der Waals surface area contributed by atoms with E-state index >= 15 is 0 Å². The van der Waals surface area contributed by atoms with Gasteiger partial charge in [0.15, 0.2) is 11.7 Å². The van der Waals surface area contributed by atoms with E-state index in [0.29, 0.717) is 17.4 Å². The molecule has 0 aliphatic rings. The third-order valence-electron chi connectivity index (χ3n) is 4.65. The Morgan fingerprint density at radius 3 is 2.24 bits per heavy atom. The molecule has 180 valence electrons. The van der Waals surface area contributed by atoms with Crippen molar-refractivity contribution in [2.75, 3.05) is 6.61 Å². The molecule has 0 aromatic heterocycles. The van der Waals surface area contributed by atoms with Crippen LogP contribution in [0.1, 0.15) is 37.5 Å². The number of carbonyl (C=O) groups excluding carboxylic acids is 1. The molecule has 0 saturated carbocycles. The van der Waals surface area contributed by atoms with Gasteiger partial charge in [-0.25, -0.2) is 9.18 Å². The fourth-order valence-corrected chi connectivity index (χ4v) is 2.98. The van der Waals surface area contributed by atoms with Crippen LogP contribution < -0.4 is 10.1 Å². The van der Waals surface area contributed by atoms with Gasteiger partial charge in [0.25, 0.3) is 5.91 Å². The Hall–Kier alpha value is -3.14. The van der Waals surface area contributed by atoms with E-state index in [2.05, 4.69) is 5.32 Å². The van der Waals surface area contributed by atoms with Crippen LogP contribution in [0.15, 0.2) is 42.5 Å². The summed E-state index contributed by atoms with van der Waals surface area (Å²) in [5.74, 6) is -2.42. The zero-order valence-corrected chi connectivity index (χ0v) is 18.3. The SMILES string of the molecule is CCOC(Cc1ccc(OC(C)(C)C(=O)NCc2cc(F)cc(C(F)(F)F)c2)cc1)C(=O)O. The fraction of sp³-hybridized carbons (Fsp3) is 0.391. The first kappa shape index (κ1) is 26.1. The van der Waals surface area contributed by atoms with E-state index in [-0.39, 0.29) is 25.1 Å². The molecular formula is C23H25F4NO5. The summed E-state index contributed by atoms with van der Waals surface area (Å²) in [6, 6.07) is 8.48. The van der Waals surface area contributed by atoms with Crippen LogP contribution in [0.4, 0.5) is 17.6 Å². The lowest BCUT2D eigenvalue weighted by Crippen LogP contribution is -2.46. The number of rotatable bonds is 10. The molecule has 2 rings (SSSR count). The Bertz CT molecular complexity index is 974. The molecule has 0 bridgehead atoms. The van der Waals surface area contributed by atoms with E-state index in [0.717, 1.165) is 12.1 Å². The highest BCUT2D eigenvalue weighted by Crippen LogP contribution is 2.30. The Balaban J connectivity index is 2.00. The van der Waals surface area contributed by atoms with Crippen LogP contribution in [0.5, 0.6) is 5.75 Å². The lowest BCUT2D eigenvalue weighted by molar-refractivity contribution is -0.150. The standard InChI is InChI=1S/C23H25F4NO5/c1-4-32-19(20(29)30)11-14-5-7-18(8-6-14)33-22(2,3)21(31)28-13-15-9-16(23(25,26)27)12-17(24)10-15/h5-10,12,19H,4,11,13H2,1-3H3,(H,28,31)(H,29,30). The molecule has 2 aromatic carbocycles. The first-order valence-corrected chi connectivity index (χ1v) is 10.1. The number of carbonyl (C=O) groups is 2. The molecule has 0 fully saturated rings. The highest BCUT2D eigenvalue weighted by Gasteiger charge is 2.32. The number of carboxylic acid groups (broad SMARTS) is 1. The molecule has 2 aromatic rings. The second kappa shape index (κ2) is 10.7. The van der Waals surface area contributed by atoms with Crippen LogP contribution in [0.3, 0.4) is 0 Å². The van der Waals surface area contributed by atoms with Gasteiger partial charge in [-0.1, -0.05) is 12.1 Å². The second-order valence-electron chi connectivity index (χ2n) is 7.77. The number of alkyl halides is 3. The summed E-state index contributed by atoms with van der Waals surface area (Å²) < 4.78 is 62.9. The normalized spacial score (nSPS) is 12.8. The highest BCUT2D eigenvalue weighted by atomic mass is 19.4. The van der Waals surface area contributed by atoms with Gasteiger partial charge >= 0.3 is 12.1 Å². The van der Waals surface area contributed by atoms with E-state index in [1.165, 1.54) is 13.8 Å². The van der Waals surface area contributed by atoms with Crippen molar-refractivity contribution in [3.8, 4) is 5.75 Å². The van der Waals surface area contributed by atoms with Crippen LogP contribution in [0, 0.1) is 5.82 Å². The van der Waals surface area contributed by atoms with Crippen LogP contribution >= 0.6 is 0 Å². The van der Waals surface area contributed by atoms with Crippen molar-refractivity contribution in [2.45, 2.75) is 51.6 Å². The lowest BCUT2D eigenvalue weighted by atomic mass is 10.1. The molecule has 0 heterocycles. The smallest absolute Gasteiger partial charge is 0.416 e. The molecule has 0 spiro atoms. The van der Waals surface area contributed by atoms with Crippen molar-refractivity contribution in [3.05, 3.63) is 65.0 Å². The summed E-state index contributed by atoms with van der Waals surface area (Å²) >= 11 is 0. The molecule has 0 aliphatic heterocycles. The molecule has 1 atom stereocenters. The molecule has 1 amide bonds. The largest absolute Gasteiger partial charge is 0.479 e. The Morgan fingerprint density at radius 2 is 1.70 bits per heavy atom. The summed E-state index contributed by atoms with van der Waals surface area (Å²) in [5, 5.41) is 11.6. The Kier molecular flexibility index (Phi) is 8.43. The number of ether oxygens (including phenoxy) is 2. The van der Waals surface area contributed by atoms with Crippen LogP contribution in [-0.4, -0.2) is 35.3 Å². The van der Waals surface area contributed by atoms with Gasteiger partial charge in [0.1, 0.15) is 11.6 Å². The zero-order chi connectivity index (χ0) is 24.8. The number of hydrogen-bond donors (Lipinski definition) is 2. The van der Waals surface area contributed by atoms with Gasteiger partial charge in [-0.15, -0.1) is 0 Å². The number of amides is 1. The number of benzene rings is 2. The molecule has 0 aliphatic carbocycles. The van der Waals surface area contributed by atoms with Crippen LogP contribution in [-0.2, 0) is 33.5 Å². The minimum atomic E-state index is -4.71. The van der Waals surface area contributed by atoms with E-state index < -0.39 is 41.1 Å². The molecule has 1 unspecified atom stereocenters. The van der Waals surface area contributed by atoms with Crippen molar-refractivity contribution >= 4 is 11.9 Å². The molecule has 10 heteroatoms. The molecule has 6 nitrogen and oxygen atoms in total. The van der Waals surface area contributed by atoms with E-state index in [4.69, 9.17) is 14.6 Å². The maximum absolute atomic E-state index is 13.5. The average Bonchev–Trinajstić information content (AvgIpc) is 2.71. The third kappa shape index (κ3) is 7.74. The summed E-state index contributed by atoms with van der Waals surface area (Å²) in [6.45, 7) is 4.58. The van der Waals surface area contributed by atoms with Gasteiger partial charge in [-0.05, 0) is 62.2 Å². The van der Waals surface area contributed by atoms with Crippen molar-refractivity contribution in [1.29, 1.82) is 0 Å². The minimum absolute atomic E-state index is 0.0434. The van der Waals surface area contributed by atoms with Crippen molar-refractivity contribution < 1.29 is 41.7 Å². The number of carboxylic acids is 1. The van der Waals surface area contributed by atoms with Crippen LogP contribution in [0.25, 0.3) is 0 Å². The van der Waals surface area contributed by atoms with Gasteiger partial charge in [-0.2, -0.15) is 13.2 Å². The van der Waals surface area contributed by atoms with Crippen molar-refractivity contribution in [1.82, 2.24) is 5.32 Å². The van der Waals surface area contributed by atoms with Crippen LogP contribution in [0.2, 0.25) is 0 Å². The number of hydrogen-bond acceptors (Lipinski definition) is 4. The summed E-state index contributed by atoms with van der Waals surface area (Å²) in [4.78, 5) is 23.7. The van der Waals surface area contributed by atoms with Gasteiger partial charge in [-0.3, -0.25) is 4.79 Å². The fourth-order valence-electron chi connectivity index (χ4n) is 2.98. The Morgan fingerprint density at radius 1 is 1.06 bits per heavy atom. The maximum atomic E-state index is 13.5. The third-order valence-corrected chi connectivity index (χ3v) is 4.65. The molecule has 0 radical (unpaired) electrons. The van der Waals surface area contributed by atoms with Gasteiger partial charge in [0.05, 0.1) is 5.56 Å². The van der Waals surface area contributed by atoms with E-state index in [1.54, 1.807) is 31.2 Å². The van der Waals surface area contributed by atoms with E-state index in [1.807, 2.05) is 0 Å².